The number of hydrogen-bond donors (Lipinski definition) is 4. The number of carboxylic acids is 1. The molecule has 4 heterocycles. The molecule has 2 saturated heterocycles. The van der Waals surface area contributed by atoms with Gasteiger partial charge in [0.05, 0.1) is 28.1 Å². The minimum atomic E-state index is -4.59. The number of fused-ring (bicyclic) bond motifs is 2. The molecule has 2 aromatic heterocycles. The first-order valence-corrected chi connectivity index (χ1v) is 23.7. The van der Waals surface area contributed by atoms with Crippen molar-refractivity contribution < 1.29 is 32.8 Å². The van der Waals surface area contributed by atoms with Gasteiger partial charge in [0.25, 0.3) is 21.6 Å². The lowest BCUT2D eigenvalue weighted by atomic mass is 9.57. The lowest BCUT2D eigenvalue weighted by Crippen LogP contribution is -2.49. The number of aromatic amines is 1. The molecule has 336 valence electrons. The summed E-state index contributed by atoms with van der Waals surface area (Å²) >= 11 is 6.65. The van der Waals surface area contributed by atoms with E-state index in [-0.39, 0.29) is 40.9 Å². The molecule has 0 bridgehead atoms. The summed E-state index contributed by atoms with van der Waals surface area (Å²) < 4.78 is 36.0. The highest BCUT2D eigenvalue weighted by atomic mass is 35.5. The molecule has 2 aliphatic heterocycles. The number of rotatable bonds is 13. The van der Waals surface area contributed by atoms with E-state index < -0.39 is 37.4 Å². The maximum atomic E-state index is 14.0. The molecular formula is C46H51ClN8O8S. The van der Waals surface area contributed by atoms with Crippen molar-refractivity contribution in [1.82, 2.24) is 24.5 Å². The molecule has 4 aliphatic rings. The molecule has 1 spiro atoms. The van der Waals surface area contributed by atoms with Gasteiger partial charge in [0.15, 0.2) is 0 Å². The molecule has 3 fully saturated rings. The van der Waals surface area contributed by atoms with Gasteiger partial charge in [-0.1, -0.05) is 30.2 Å². The maximum absolute atomic E-state index is 14.0. The fraction of sp³-hybridized carbons (Fsp3) is 0.413. The second-order valence-corrected chi connectivity index (χ2v) is 19.7. The Balaban J connectivity index is 0.891. The molecule has 1 atom stereocenters. The Kier molecular flexibility index (Phi) is 12.3. The number of nitrogens with one attached hydrogen (secondary N) is 3. The first kappa shape index (κ1) is 43.5. The van der Waals surface area contributed by atoms with Crippen molar-refractivity contribution in [2.45, 2.75) is 62.3 Å². The van der Waals surface area contributed by atoms with E-state index in [0.29, 0.717) is 31.0 Å². The second kappa shape index (κ2) is 18.0. The lowest BCUT2D eigenvalue weighted by molar-refractivity contribution is -0.384. The summed E-state index contributed by atoms with van der Waals surface area (Å²) in [7, 11) is -4.59. The van der Waals surface area contributed by atoms with E-state index in [0.717, 1.165) is 99.7 Å². The van der Waals surface area contributed by atoms with Gasteiger partial charge in [-0.2, -0.15) is 0 Å². The van der Waals surface area contributed by atoms with Crippen LogP contribution in [0.25, 0.3) is 11.0 Å². The molecule has 16 nitrogen and oxygen atoms in total. The first-order valence-electron chi connectivity index (χ1n) is 21.9. The van der Waals surface area contributed by atoms with E-state index in [4.69, 9.17) is 21.4 Å². The topological polar surface area (TPSA) is 203 Å². The van der Waals surface area contributed by atoms with E-state index in [9.17, 15) is 28.1 Å². The number of likely N-dealkylation sites (tertiary alicyclic amines) is 1. The van der Waals surface area contributed by atoms with Crippen LogP contribution in [0.2, 0.25) is 5.02 Å². The quantitative estimate of drug-likeness (QED) is 0.0511. The smallest absolute Gasteiger partial charge is 0.317 e. The third-order valence-corrected chi connectivity index (χ3v) is 15.3. The number of anilines is 2. The Bertz CT molecular complexity index is 2690. The summed E-state index contributed by atoms with van der Waals surface area (Å²) in [6.07, 6.45) is 11.2. The van der Waals surface area contributed by atoms with Gasteiger partial charge in [-0.15, -0.1) is 0 Å². The monoisotopic (exact) mass is 910 g/mol. The number of pyridine rings is 1. The van der Waals surface area contributed by atoms with E-state index in [1.54, 1.807) is 24.4 Å². The van der Waals surface area contributed by atoms with Gasteiger partial charge >= 0.3 is 5.97 Å². The number of amides is 1. The number of nitro groups is 1. The van der Waals surface area contributed by atoms with Crippen molar-refractivity contribution in [1.29, 1.82) is 0 Å². The Labute approximate surface area is 376 Å². The summed E-state index contributed by atoms with van der Waals surface area (Å²) in [5, 5.41) is 26.1. The van der Waals surface area contributed by atoms with Crippen LogP contribution >= 0.6 is 11.6 Å². The Morgan fingerprint density at radius 1 is 1.00 bits per heavy atom. The van der Waals surface area contributed by atoms with Gasteiger partial charge < -0.3 is 25.0 Å². The Morgan fingerprint density at radius 2 is 1.80 bits per heavy atom. The number of hydrogen-bond acceptors (Lipinski definition) is 12. The number of sulfonamides is 1. The van der Waals surface area contributed by atoms with Gasteiger partial charge in [0, 0.05) is 73.2 Å². The molecule has 0 unspecified atom stereocenters. The molecule has 64 heavy (non-hydrogen) atoms. The molecule has 5 aromatic rings. The van der Waals surface area contributed by atoms with E-state index in [1.807, 2.05) is 23.1 Å². The third kappa shape index (κ3) is 9.25. The van der Waals surface area contributed by atoms with Crippen molar-refractivity contribution in [3.8, 4) is 11.5 Å². The predicted octanol–water partition coefficient (Wildman–Crippen LogP) is 7.61. The number of piperazine rings is 1. The van der Waals surface area contributed by atoms with E-state index >= 15 is 0 Å². The molecule has 3 aromatic carbocycles. The number of ether oxygens (including phenoxy) is 1. The highest BCUT2D eigenvalue weighted by molar-refractivity contribution is 7.90. The Morgan fingerprint density at radius 3 is 2.56 bits per heavy atom. The molecule has 0 radical (unpaired) electrons. The molecule has 1 amide bonds. The van der Waals surface area contributed by atoms with Crippen LogP contribution in [0, 0.1) is 21.4 Å². The number of nitrogens with zero attached hydrogens (tertiary/aromatic N) is 5. The second-order valence-electron chi connectivity index (χ2n) is 17.7. The number of carbonyl (C=O) groups is 2. The number of carboxylic acid groups (broad SMARTS) is 1. The number of piperidine rings is 1. The molecule has 18 heteroatoms. The van der Waals surface area contributed by atoms with Gasteiger partial charge in [0.1, 0.15) is 22.8 Å². The number of H-pyrrole nitrogens is 1. The van der Waals surface area contributed by atoms with Gasteiger partial charge in [-0.3, -0.25) is 29.5 Å². The molecule has 9 rings (SSSR count). The van der Waals surface area contributed by atoms with Crippen molar-refractivity contribution >= 4 is 61.6 Å². The fourth-order valence-corrected chi connectivity index (χ4v) is 11.5. The van der Waals surface area contributed by atoms with Crippen LogP contribution in [0.5, 0.6) is 11.5 Å². The maximum Gasteiger partial charge on any atom is 0.317 e. The number of halogens is 1. The van der Waals surface area contributed by atoms with E-state index in [2.05, 4.69) is 35.9 Å². The average molecular weight is 911 g/mol. The van der Waals surface area contributed by atoms with E-state index in [1.165, 1.54) is 35.5 Å². The molecule has 2 aliphatic carbocycles. The van der Waals surface area contributed by atoms with Crippen molar-refractivity contribution in [3.05, 3.63) is 111 Å². The van der Waals surface area contributed by atoms with Crippen LogP contribution in [-0.4, -0.2) is 102 Å². The number of nitro benzene ring substituents is 1. The number of carbonyl (C=O) groups excluding carboxylic acids is 1. The molecular weight excluding hydrogens is 860 g/mol. The van der Waals surface area contributed by atoms with Crippen LogP contribution in [0.1, 0.15) is 72.5 Å². The van der Waals surface area contributed by atoms with Gasteiger partial charge in [-0.25, -0.2) is 18.1 Å². The zero-order valence-electron chi connectivity index (χ0n) is 35.3. The van der Waals surface area contributed by atoms with Crippen LogP contribution < -0.4 is 19.7 Å². The number of aliphatic carboxylic acids is 1. The zero-order chi connectivity index (χ0) is 44.6. The largest absolute Gasteiger partial charge is 0.480 e. The zero-order valence-corrected chi connectivity index (χ0v) is 36.9. The van der Waals surface area contributed by atoms with Crippen LogP contribution in [-0.2, 0) is 21.2 Å². The minimum Gasteiger partial charge on any atom is -0.480 e. The number of benzene rings is 3. The summed E-state index contributed by atoms with van der Waals surface area (Å²) in [6, 6.07) is 18.7. The van der Waals surface area contributed by atoms with Gasteiger partial charge in [0.2, 0.25) is 0 Å². The summed E-state index contributed by atoms with van der Waals surface area (Å²) in [4.78, 5) is 50.4. The minimum absolute atomic E-state index is 0.0408. The van der Waals surface area contributed by atoms with Gasteiger partial charge in [-0.05, 0) is 123 Å². The first-order chi connectivity index (χ1) is 30.8. The summed E-state index contributed by atoms with van der Waals surface area (Å²) in [5.74, 6) is -1.07. The summed E-state index contributed by atoms with van der Waals surface area (Å²) in [6.45, 7) is 5.01. The van der Waals surface area contributed by atoms with Crippen LogP contribution in [0.4, 0.5) is 17.1 Å². The molecule has 1 saturated carbocycles. The standard InChI is InChI=1S/C46H51ClN8O8S/c47-38-6-3-5-36-35(38)4-1-2-7-40(36)54-20-18-53(19-21-54)32-8-10-37(42(23-32)63-33-22-31-12-15-48-44(31)50-28-33)45(58)51-64(61,62)34-9-11-39(41(24-34)55(59)60)49-27-30-25-46(26-30)13-16-52(17-14-46)29-43(56)57/h3,5-6,8-12,15,22-24,28,30,40,49H,1-2,4,7,13-14,16-21,25-27,29H2,(H,48,50)(H,51,58)(H,56,57)/t40-/m1/s1. The third-order valence-electron chi connectivity index (χ3n) is 13.6. The number of aromatic nitrogens is 2. The molecule has 4 N–H and O–H groups in total. The van der Waals surface area contributed by atoms with Crippen molar-refractivity contribution in [3.63, 3.8) is 0 Å². The SMILES string of the molecule is O=C(O)CN1CCC2(CC1)CC(CNc1ccc(S(=O)(=O)NC(=O)c3ccc(N4CCN([C@@H]5CCCCc6c(Cl)cccc65)CC4)cc3Oc3cnc4[nH]ccc4c3)cc1[N+](=O)[O-])C2. The van der Waals surface area contributed by atoms with Crippen molar-refractivity contribution in [2.75, 3.05) is 62.6 Å². The van der Waals surface area contributed by atoms with Crippen LogP contribution in [0.15, 0.2) is 84.0 Å². The summed E-state index contributed by atoms with van der Waals surface area (Å²) in [5.41, 5.74) is 3.86. The normalized spacial score (nSPS) is 19.4. The average Bonchev–Trinajstić information content (AvgIpc) is 3.62. The lowest BCUT2D eigenvalue weighted by Gasteiger charge is -2.52. The van der Waals surface area contributed by atoms with Crippen LogP contribution in [0.3, 0.4) is 0 Å². The highest BCUT2D eigenvalue weighted by Gasteiger charge is 2.45. The highest BCUT2D eigenvalue weighted by Crippen LogP contribution is 2.52. The Hall–Kier alpha value is -5.75. The fourth-order valence-electron chi connectivity index (χ4n) is 10.3. The van der Waals surface area contributed by atoms with Crippen molar-refractivity contribution in [2.24, 2.45) is 11.3 Å². The predicted molar refractivity (Wildman–Crippen MR) is 243 cm³/mol.